The van der Waals surface area contributed by atoms with Crippen molar-refractivity contribution in [2.24, 2.45) is 0 Å². The zero-order valence-corrected chi connectivity index (χ0v) is 11.5. The number of hydrogen-bond donors (Lipinski definition) is 2. The molecule has 1 heterocycles. The molecule has 1 aliphatic heterocycles. The first-order valence-corrected chi connectivity index (χ1v) is 6.43. The van der Waals surface area contributed by atoms with E-state index in [1.165, 1.54) is 0 Å². The van der Waals surface area contributed by atoms with E-state index in [1.807, 2.05) is 12.1 Å². The number of ether oxygens (including phenoxy) is 1. The van der Waals surface area contributed by atoms with E-state index in [1.54, 1.807) is 13.2 Å². The number of aliphatic hydroxyl groups is 1. The predicted octanol–water partition coefficient (Wildman–Crippen LogP) is 1.53. The lowest BCUT2D eigenvalue weighted by Gasteiger charge is -2.29. The van der Waals surface area contributed by atoms with Gasteiger partial charge in [0, 0.05) is 36.6 Å². The molecule has 1 unspecified atom stereocenters. The second kappa shape index (κ2) is 5.59. The van der Waals surface area contributed by atoms with Gasteiger partial charge in [0.1, 0.15) is 0 Å². The molecule has 0 radical (unpaired) electrons. The fraction of sp³-hybridized carbons (Fsp3) is 0.500. The molecule has 5 nitrogen and oxygen atoms in total. The van der Waals surface area contributed by atoms with Gasteiger partial charge in [0.2, 0.25) is 0 Å². The van der Waals surface area contributed by atoms with Gasteiger partial charge in [-0.15, -0.1) is 0 Å². The number of anilines is 2. The van der Waals surface area contributed by atoms with Crippen molar-refractivity contribution in [3.05, 3.63) is 23.8 Å². The number of benzene rings is 1. The fourth-order valence-corrected chi connectivity index (χ4v) is 2.29. The minimum absolute atomic E-state index is 0.329. The summed E-state index contributed by atoms with van der Waals surface area (Å²) < 4.78 is 5.12. The van der Waals surface area contributed by atoms with E-state index in [0.29, 0.717) is 23.9 Å². The molecule has 5 heteroatoms. The van der Waals surface area contributed by atoms with Gasteiger partial charge in [0.05, 0.1) is 6.61 Å². The Morgan fingerprint density at radius 1 is 1.47 bits per heavy atom. The average Bonchev–Trinajstić information content (AvgIpc) is 2.65. The van der Waals surface area contributed by atoms with Crippen molar-refractivity contribution in [1.29, 1.82) is 0 Å². The number of rotatable bonds is 5. The summed E-state index contributed by atoms with van der Waals surface area (Å²) in [4.78, 5) is 13.6. The fourth-order valence-electron chi connectivity index (χ4n) is 2.29. The maximum absolute atomic E-state index is 11.4. The van der Waals surface area contributed by atoms with Gasteiger partial charge in [-0.3, -0.25) is 4.79 Å². The molecule has 1 amide bonds. The van der Waals surface area contributed by atoms with Crippen LogP contribution in [0.25, 0.3) is 0 Å². The summed E-state index contributed by atoms with van der Waals surface area (Å²) in [5, 5.41) is 12.4. The lowest BCUT2D eigenvalue weighted by molar-refractivity contribution is -0.123. The van der Waals surface area contributed by atoms with Gasteiger partial charge in [0.25, 0.3) is 5.91 Å². The van der Waals surface area contributed by atoms with Crippen LogP contribution in [0.3, 0.4) is 0 Å². The second-order valence-corrected chi connectivity index (χ2v) is 4.94. The summed E-state index contributed by atoms with van der Waals surface area (Å²) in [6.07, 6.45) is -1.05. The Balaban J connectivity index is 2.26. The summed E-state index contributed by atoms with van der Waals surface area (Å²) in [6, 6.07) is 5.96. The highest BCUT2D eigenvalue weighted by molar-refractivity contribution is 6.02. The molecule has 0 aliphatic carbocycles. The topological polar surface area (TPSA) is 61.8 Å². The monoisotopic (exact) mass is 264 g/mol. The second-order valence-electron chi connectivity index (χ2n) is 4.94. The minimum atomic E-state index is -1.05. The van der Waals surface area contributed by atoms with Crippen molar-refractivity contribution in [1.82, 2.24) is 0 Å². The van der Waals surface area contributed by atoms with E-state index < -0.39 is 6.10 Å². The normalized spacial score (nSPS) is 17.5. The van der Waals surface area contributed by atoms with Crippen molar-refractivity contribution in [3.8, 4) is 0 Å². The van der Waals surface area contributed by atoms with E-state index in [0.717, 1.165) is 12.2 Å². The first kappa shape index (κ1) is 13.8. The molecule has 0 saturated carbocycles. The number of carbonyl (C=O) groups excluding carboxylic acids is 1. The average molecular weight is 264 g/mol. The summed E-state index contributed by atoms with van der Waals surface area (Å²) in [7, 11) is 1.68. The molecule has 0 saturated heterocycles. The van der Waals surface area contributed by atoms with Crippen LogP contribution in [-0.4, -0.2) is 37.3 Å². The molecule has 2 N–H and O–H groups in total. The zero-order chi connectivity index (χ0) is 14.0. The maximum Gasteiger partial charge on any atom is 0.257 e. The Morgan fingerprint density at radius 3 is 2.84 bits per heavy atom. The number of amides is 1. The van der Waals surface area contributed by atoms with Gasteiger partial charge in [-0.2, -0.15) is 0 Å². The van der Waals surface area contributed by atoms with Gasteiger partial charge in [-0.25, -0.2) is 0 Å². The number of carbonyl (C=O) groups is 1. The van der Waals surface area contributed by atoms with Crippen LogP contribution >= 0.6 is 0 Å². The molecule has 1 aromatic carbocycles. The van der Waals surface area contributed by atoms with Gasteiger partial charge in [-0.1, -0.05) is 6.07 Å². The third kappa shape index (κ3) is 2.72. The van der Waals surface area contributed by atoms with Gasteiger partial charge in [0.15, 0.2) is 6.10 Å². The smallest absolute Gasteiger partial charge is 0.257 e. The molecule has 0 bridgehead atoms. The van der Waals surface area contributed by atoms with Crippen LogP contribution in [0.15, 0.2) is 18.2 Å². The molecule has 1 atom stereocenters. The van der Waals surface area contributed by atoms with Crippen LogP contribution in [-0.2, 0) is 9.53 Å². The zero-order valence-electron chi connectivity index (χ0n) is 11.5. The number of aliphatic hydroxyl groups excluding tert-OH is 1. The van der Waals surface area contributed by atoms with Crippen molar-refractivity contribution in [2.75, 3.05) is 30.5 Å². The lowest BCUT2D eigenvalue weighted by Crippen LogP contribution is -2.33. The quantitative estimate of drug-likeness (QED) is 0.846. The Hall–Kier alpha value is -1.59. The lowest BCUT2D eigenvalue weighted by atomic mass is 10.1. The van der Waals surface area contributed by atoms with E-state index in [-0.39, 0.29) is 5.91 Å². The Labute approximate surface area is 113 Å². The van der Waals surface area contributed by atoms with E-state index in [4.69, 9.17) is 4.74 Å². The van der Waals surface area contributed by atoms with Gasteiger partial charge >= 0.3 is 0 Å². The molecule has 0 fully saturated rings. The molecule has 1 aromatic rings. The van der Waals surface area contributed by atoms with E-state index >= 15 is 0 Å². The summed E-state index contributed by atoms with van der Waals surface area (Å²) in [5.74, 6) is -0.361. The molecule has 104 valence electrons. The molecular weight excluding hydrogens is 244 g/mol. The summed E-state index contributed by atoms with van der Waals surface area (Å²) in [5.41, 5.74) is 2.35. The minimum Gasteiger partial charge on any atom is -0.383 e. The Kier molecular flexibility index (Phi) is 4.07. The van der Waals surface area contributed by atoms with Crippen molar-refractivity contribution in [3.63, 3.8) is 0 Å². The maximum atomic E-state index is 11.4. The Bertz CT molecular complexity index is 474. The summed E-state index contributed by atoms with van der Waals surface area (Å²) >= 11 is 0. The Morgan fingerprint density at radius 2 is 2.21 bits per heavy atom. The first-order valence-electron chi connectivity index (χ1n) is 6.43. The molecule has 19 heavy (non-hydrogen) atoms. The van der Waals surface area contributed by atoms with E-state index in [9.17, 15) is 9.90 Å². The SMILES string of the molecule is COCCN(c1ccc2c(c1)NC(=O)C2O)C(C)C. The van der Waals surface area contributed by atoms with Crippen LogP contribution in [0.4, 0.5) is 11.4 Å². The van der Waals surface area contributed by atoms with Crippen LogP contribution < -0.4 is 10.2 Å². The standard InChI is InChI=1S/C14H20N2O3/c1-9(2)16(6-7-19-3)10-4-5-11-12(8-10)15-14(18)13(11)17/h4-5,8-9,13,17H,6-7H2,1-3H3,(H,15,18). The molecule has 0 spiro atoms. The number of nitrogens with one attached hydrogen (secondary N) is 1. The molecular formula is C14H20N2O3. The van der Waals surface area contributed by atoms with E-state index in [2.05, 4.69) is 24.1 Å². The van der Waals surface area contributed by atoms with Crippen LogP contribution in [0.1, 0.15) is 25.5 Å². The van der Waals surface area contributed by atoms with Gasteiger partial charge < -0.3 is 20.1 Å². The third-order valence-corrected chi connectivity index (χ3v) is 3.33. The van der Waals surface area contributed by atoms with Crippen LogP contribution in [0, 0.1) is 0 Å². The highest BCUT2D eigenvalue weighted by Crippen LogP contribution is 2.34. The van der Waals surface area contributed by atoms with Crippen LogP contribution in [0.2, 0.25) is 0 Å². The van der Waals surface area contributed by atoms with Crippen LogP contribution in [0.5, 0.6) is 0 Å². The highest BCUT2D eigenvalue weighted by Gasteiger charge is 2.28. The van der Waals surface area contributed by atoms with Crippen molar-refractivity contribution < 1.29 is 14.6 Å². The van der Waals surface area contributed by atoms with Crippen molar-refractivity contribution >= 4 is 17.3 Å². The number of nitrogens with zero attached hydrogens (tertiary/aromatic N) is 1. The molecule has 1 aliphatic rings. The largest absolute Gasteiger partial charge is 0.383 e. The molecule has 2 rings (SSSR count). The summed E-state index contributed by atoms with van der Waals surface area (Å²) in [6.45, 7) is 5.64. The highest BCUT2D eigenvalue weighted by atomic mass is 16.5. The predicted molar refractivity (Wildman–Crippen MR) is 74.4 cm³/mol. The number of methoxy groups -OCH3 is 1. The molecule has 0 aromatic heterocycles. The third-order valence-electron chi connectivity index (χ3n) is 3.33. The van der Waals surface area contributed by atoms with Gasteiger partial charge in [-0.05, 0) is 26.0 Å². The number of hydrogen-bond acceptors (Lipinski definition) is 4. The van der Waals surface area contributed by atoms with Crippen molar-refractivity contribution in [2.45, 2.75) is 26.0 Å². The number of fused-ring (bicyclic) bond motifs is 1. The first-order chi connectivity index (χ1) is 9.04.